The van der Waals surface area contributed by atoms with Crippen molar-refractivity contribution in [3.8, 4) is 5.75 Å². The van der Waals surface area contributed by atoms with Crippen molar-refractivity contribution in [3.63, 3.8) is 0 Å². The van der Waals surface area contributed by atoms with Gasteiger partial charge in [0.05, 0.1) is 18.4 Å². The van der Waals surface area contributed by atoms with Crippen molar-refractivity contribution in [1.29, 1.82) is 0 Å². The van der Waals surface area contributed by atoms with Crippen LogP contribution in [0.1, 0.15) is 17.3 Å². The monoisotopic (exact) mass is 317 g/mol. The minimum Gasteiger partial charge on any atom is -0.478 e. The van der Waals surface area contributed by atoms with Gasteiger partial charge in [-0.3, -0.25) is 4.79 Å². The lowest BCUT2D eigenvalue weighted by Crippen LogP contribution is -2.31. The fraction of sp³-hybridized carbons (Fsp3) is 0.176. The molecule has 5 nitrogen and oxygen atoms in total. The highest BCUT2D eigenvalue weighted by atomic mass is 19.1. The van der Waals surface area contributed by atoms with Crippen LogP contribution in [-0.4, -0.2) is 25.1 Å². The highest BCUT2D eigenvalue weighted by molar-refractivity contribution is 6.02. The molecule has 23 heavy (non-hydrogen) atoms. The molecule has 0 fully saturated rings. The standard InChI is InChI=1S/C17H16FNO4/c1-11(23-15-10-6-4-8-13(15)18)16(20)19-14-9-5-3-7-12(14)17(21)22-2/h3-11H,1-2H3,(H,19,20). The molecule has 1 atom stereocenters. The van der Waals surface area contributed by atoms with Crippen molar-refractivity contribution >= 4 is 17.6 Å². The summed E-state index contributed by atoms with van der Waals surface area (Å²) >= 11 is 0. The first-order valence-electron chi connectivity index (χ1n) is 6.92. The van der Waals surface area contributed by atoms with E-state index in [-0.39, 0.29) is 11.3 Å². The SMILES string of the molecule is COC(=O)c1ccccc1NC(=O)C(C)Oc1ccccc1F. The minimum absolute atomic E-state index is 0.0172. The molecule has 2 aromatic rings. The van der Waals surface area contributed by atoms with Gasteiger partial charge in [-0.25, -0.2) is 9.18 Å². The number of nitrogens with one attached hydrogen (secondary N) is 1. The molecule has 1 N–H and O–H groups in total. The first-order valence-corrected chi connectivity index (χ1v) is 6.92. The minimum atomic E-state index is -0.947. The van der Waals surface area contributed by atoms with E-state index in [2.05, 4.69) is 10.1 Å². The second-order valence-electron chi connectivity index (χ2n) is 4.72. The molecule has 2 aromatic carbocycles. The molecule has 6 heteroatoms. The summed E-state index contributed by atoms with van der Waals surface area (Å²) in [7, 11) is 1.25. The molecule has 0 saturated carbocycles. The Labute approximate surface area is 133 Å². The van der Waals surface area contributed by atoms with Gasteiger partial charge in [-0.2, -0.15) is 0 Å². The Morgan fingerprint density at radius 3 is 2.43 bits per heavy atom. The van der Waals surface area contributed by atoms with Gasteiger partial charge in [-0.1, -0.05) is 24.3 Å². The molecule has 0 spiro atoms. The Kier molecular flexibility index (Phi) is 5.30. The zero-order valence-electron chi connectivity index (χ0n) is 12.7. The summed E-state index contributed by atoms with van der Waals surface area (Å²) in [6, 6.07) is 12.2. The van der Waals surface area contributed by atoms with Gasteiger partial charge >= 0.3 is 5.97 Å². The summed E-state index contributed by atoms with van der Waals surface area (Å²) in [6.45, 7) is 1.49. The van der Waals surface area contributed by atoms with Gasteiger partial charge in [0.25, 0.3) is 5.91 Å². The van der Waals surface area contributed by atoms with Crippen LogP contribution in [0.3, 0.4) is 0 Å². The third-order valence-corrected chi connectivity index (χ3v) is 3.10. The van der Waals surface area contributed by atoms with Crippen LogP contribution in [0.5, 0.6) is 5.75 Å². The number of para-hydroxylation sites is 2. The molecule has 2 rings (SSSR count). The topological polar surface area (TPSA) is 64.6 Å². The van der Waals surface area contributed by atoms with E-state index < -0.39 is 23.8 Å². The van der Waals surface area contributed by atoms with Crippen molar-refractivity contribution < 1.29 is 23.5 Å². The number of halogens is 1. The maximum absolute atomic E-state index is 13.5. The molecule has 0 saturated heterocycles. The number of hydrogen-bond donors (Lipinski definition) is 1. The fourth-order valence-electron chi connectivity index (χ4n) is 1.90. The van der Waals surface area contributed by atoms with Crippen molar-refractivity contribution in [2.24, 2.45) is 0 Å². The molecule has 0 heterocycles. The molecule has 0 aliphatic heterocycles. The zero-order chi connectivity index (χ0) is 16.8. The van der Waals surface area contributed by atoms with E-state index in [1.165, 1.54) is 38.3 Å². The molecule has 0 aliphatic rings. The molecule has 0 aromatic heterocycles. The number of hydrogen-bond acceptors (Lipinski definition) is 4. The Hall–Kier alpha value is -2.89. The maximum Gasteiger partial charge on any atom is 0.339 e. The van der Waals surface area contributed by atoms with E-state index in [4.69, 9.17) is 4.74 Å². The lowest BCUT2D eigenvalue weighted by Gasteiger charge is -2.16. The van der Waals surface area contributed by atoms with E-state index in [9.17, 15) is 14.0 Å². The first kappa shape index (κ1) is 16.5. The van der Waals surface area contributed by atoms with Gasteiger partial charge in [-0.15, -0.1) is 0 Å². The van der Waals surface area contributed by atoms with Gasteiger partial charge in [0.2, 0.25) is 0 Å². The number of amides is 1. The second kappa shape index (κ2) is 7.40. The van der Waals surface area contributed by atoms with Crippen LogP contribution in [0.25, 0.3) is 0 Å². The molecule has 0 radical (unpaired) electrons. The predicted molar refractivity (Wildman–Crippen MR) is 82.9 cm³/mol. The third kappa shape index (κ3) is 4.06. The first-order chi connectivity index (χ1) is 11.0. The fourth-order valence-corrected chi connectivity index (χ4v) is 1.90. The second-order valence-corrected chi connectivity index (χ2v) is 4.72. The number of carbonyl (C=O) groups is 2. The van der Waals surface area contributed by atoms with Crippen molar-refractivity contribution in [2.45, 2.75) is 13.0 Å². The number of anilines is 1. The van der Waals surface area contributed by atoms with Gasteiger partial charge in [-0.05, 0) is 31.2 Å². The largest absolute Gasteiger partial charge is 0.478 e. The van der Waals surface area contributed by atoms with Crippen LogP contribution in [0.15, 0.2) is 48.5 Å². The average Bonchev–Trinajstić information content (AvgIpc) is 2.56. The number of benzene rings is 2. The summed E-state index contributed by atoms with van der Waals surface area (Å²) in [4.78, 5) is 23.8. The number of ether oxygens (including phenoxy) is 2. The van der Waals surface area contributed by atoms with Crippen LogP contribution in [0.4, 0.5) is 10.1 Å². The van der Waals surface area contributed by atoms with Gasteiger partial charge < -0.3 is 14.8 Å². The Balaban J connectivity index is 2.10. The Morgan fingerprint density at radius 1 is 1.09 bits per heavy atom. The Bertz CT molecular complexity index is 717. The number of esters is 1. The van der Waals surface area contributed by atoms with E-state index in [0.717, 1.165) is 0 Å². The van der Waals surface area contributed by atoms with Gasteiger partial charge in [0.1, 0.15) is 0 Å². The summed E-state index contributed by atoms with van der Waals surface area (Å²) in [5.41, 5.74) is 0.523. The molecule has 1 unspecified atom stereocenters. The van der Waals surface area contributed by atoms with Crippen LogP contribution >= 0.6 is 0 Å². The molecule has 0 aliphatic carbocycles. The molecular weight excluding hydrogens is 301 g/mol. The highest BCUT2D eigenvalue weighted by Crippen LogP contribution is 2.19. The maximum atomic E-state index is 13.5. The predicted octanol–water partition coefficient (Wildman–Crippen LogP) is 3.02. The summed E-state index contributed by atoms with van der Waals surface area (Å²) in [6.07, 6.45) is -0.947. The number of rotatable bonds is 5. The zero-order valence-corrected chi connectivity index (χ0v) is 12.7. The van der Waals surface area contributed by atoms with Crippen molar-refractivity contribution in [3.05, 3.63) is 59.9 Å². The van der Waals surface area contributed by atoms with Crippen LogP contribution in [0, 0.1) is 5.82 Å². The molecule has 1 amide bonds. The normalized spacial score (nSPS) is 11.4. The smallest absolute Gasteiger partial charge is 0.339 e. The third-order valence-electron chi connectivity index (χ3n) is 3.10. The lowest BCUT2D eigenvalue weighted by atomic mass is 10.1. The van der Waals surface area contributed by atoms with Crippen molar-refractivity contribution in [2.75, 3.05) is 12.4 Å². The van der Waals surface area contributed by atoms with Crippen LogP contribution < -0.4 is 10.1 Å². The summed E-state index contributed by atoms with van der Waals surface area (Å²) < 4.78 is 23.5. The summed E-state index contributed by atoms with van der Waals surface area (Å²) in [5, 5.41) is 2.58. The van der Waals surface area contributed by atoms with E-state index in [1.54, 1.807) is 24.3 Å². The molecule has 120 valence electrons. The van der Waals surface area contributed by atoms with E-state index in [1.807, 2.05) is 0 Å². The molecule has 0 bridgehead atoms. The van der Waals surface area contributed by atoms with E-state index >= 15 is 0 Å². The van der Waals surface area contributed by atoms with Crippen molar-refractivity contribution in [1.82, 2.24) is 0 Å². The van der Waals surface area contributed by atoms with E-state index in [0.29, 0.717) is 5.69 Å². The van der Waals surface area contributed by atoms with Gasteiger partial charge in [0.15, 0.2) is 17.7 Å². The van der Waals surface area contributed by atoms with Crippen LogP contribution in [-0.2, 0) is 9.53 Å². The Morgan fingerprint density at radius 2 is 1.74 bits per heavy atom. The summed E-state index contributed by atoms with van der Waals surface area (Å²) in [5.74, 6) is -1.65. The number of methoxy groups -OCH3 is 1. The quantitative estimate of drug-likeness (QED) is 0.861. The lowest BCUT2D eigenvalue weighted by molar-refractivity contribution is -0.122. The number of carbonyl (C=O) groups excluding carboxylic acids is 2. The highest BCUT2D eigenvalue weighted by Gasteiger charge is 2.19. The van der Waals surface area contributed by atoms with Crippen LogP contribution in [0.2, 0.25) is 0 Å². The molecular formula is C17H16FNO4. The van der Waals surface area contributed by atoms with Gasteiger partial charge in [0, 0.05) is 0 Å². The average molecular weight is 317 g/mol.